The number of carbonyl (C=O) groups excluding carboxylic acids is 4. The third-order valence-electron chi connectivity index (χ3n) is 8.26. The summed E-state index contributed by atoms with van der Waals surface area (Å²) in [6.45, 7) is 4.52. The average Bonchev–Trinajstić information content (AvgIpc) is 3.62. The minimum atomic E-state index is -0.793. The zero-order chi connectivity index (χ0) is 30.1. The summed E-state index contributed by atoms with van der Waals surface area (Å²) in [5.41, 5.74) is 10.2. The van der Waals surface area contributed by atoms with Crippen LogP contribution in [0.4, 0.5) is 4.79 Å². The highest BCUT2D eigenvalue weighted by Crippen LogP contribution is 2.44. The first-order chi connectivity index (χ1) is 20.2. The Bertz CT molecular complexity index is 1210. The third-order valence-corrected chi connectivity index (χ3v) is 8.26. The van der Waals surface area contributed by atoms with Crippen LogP contribution in [-0.2, 0) is 19.1 Å². The minimum Gasteiger partial charge on any atom is -0.449 e. The lowest BCUT2D eigenvalue weighted by molar-refractivity contribution is -0.133. The van der Waals surface area contributed by atoms with E-state index in [-0.39, 0.29) is 30.3 Å². The van der Waals surface area contributed by atoms with Gasteiger partial charge in [-0.1, -0.05) is 75.2 Å². The number of alkyl carbamates (subject to hydrolysis) is 1. The van der Waals surface area contributed by atoms with E-state index in [1.807, 2.05) is 38.1 Å². The van der Waals surface area contributed by atoms with E-state index in [0.29, 0.717) is 32.2 Å². The van der Waals surface area contributed by atoms with Gasteiger partial charge in [0.1, 0.15) is 18.7 Å². The summed E-state index contributed by atoms with van der Waals surface area (Å²) in [6, 6.07) is 14.8. The molecule has 0 aromatic heterocycles. The van der Waals surface area contributed by atoms with Gasteiger partial charge in [-0.15, -0.1) is 0 Å². The maximum absolute atomic E-state index is 13.1. The highest BCUT2D eigenvalue weighted by atomic mass is 16.5. The Morgan fingerprint density at radius 2 is 1.50 bits per heavy atom. The summed E-state index contributed by atoms with van der Waals surface area (Å²) in [5.74, 6) is -1.05. The van der Waals surface area contributed by atoms with Crippen molar-refractivity contribution in [1.82, 2.24) is 16.0 Å². The van der Waals surface area contributed by atoms with Crippen LogP contribution in [0.3, 0.4) is 0 Å². The number of primary amides is 1. The van der Waals surface area contributed by atoms with Crippen molar-refractivity contribution in [2.24, 2.45) is 17.6 Å². The maximum atomic E-state index is 13.1. The second kappa shape index (κ2) is 14.8. The Morgan fingerprint density at radius 1 is 0.881 bits per heavy atom. The van der Waals surface area contributed by atoms with Crippen LogP contribution in [-0.4, -0.2) is 49.1 Å². The quantitative estimate of drug-likeness (QED) is 0.247. The van der Waals surface area contributed by atoms with Crippen molar-refractivity contribution in [2.75, 3.05) is 13.2 Å². The van der Waals surface area contributed by atoms with Gasteiger partial charge in [0.2, 0.25) is 17.7 Å². The molecule has 0 heterocycles. The summed E-state index contributed by atoms with van der Waals surface area (Å²) in [7, 11) is 0. The number of hydrogen-bond acceptors (Lipinski definition) is 5. The van der Waals surface area contributed by atoms with Crippen molar-refractivity contribution in [2.45, 2.75) is 83.2 Å². The number of nitrogens with one attached hydrogen (secondary N) is 3. The Labute approximate surface area is 248 Å². The molecular weight excluding hydrogens is 532 g/mol. The molecule has 4 rings (SSSR count). The van der Waals surface area contributed by atoms with Crippen LogP contribution in [0.5, 0.6) is 0 Å². The van der Waals surface area contributed by atoms with Crippen molar-refractivity contribution in [3.63, 3.8) is 0 Å². The molecule has 2 aromatic carbocycles. The first-order valence-electron chi connectivity index (χ1n) is 15.2. The molecule has 1 fully saturated rings. The van der Waals surface area contributed by atoms with Gasteiger partial charge in [0.15, 0.2) is 0 Å². The normalized spacial score (nSPS) is 15.9. The topological polar surface area (TPSA) is 140 Å². The summed E-state index contributed by atoms with van der Waals surface area (Å²) in [4.78, 5) is 50.4. The lowest BCUT2D eigenvalue weighted by atomic mass is 9.98. The molecule has 9 heteroatoms. The molecule has 0 unspecified atom stereocenters. The summed E-state index contributed by atoms with van der Waals surface area (Å²) in [5, 5.41) is 8.45. The molecule has 2 atom stereocenters. The highest BCUT2D eigenvalue weighted by Gasteiger charge is 2.30. The van der Waals surface area contributed by atoms with Crippen LogP contribution < -0.4 is 21.7 Å². The van der Waals surface area contributed by atoms with Gasteiger partial charge in [0.25, 0.3) is 0 Å². The number of carbonyl (C=O) groups is 4. The van der Waals surface area contributed by atoms with Gasteiger partial charge in [-0.3, -0.25) is 14.4 Å². The number of ether oxygens (including phenoxy) is 1. The smallest absolute Gasteiger partial charge is 0.407 e. The Balaban J connectivity index is 1.25. The minimum absolute atomic E-state index is 0.00850. The number of fused-ring (bicyclic) bond motifs is 3. The maximum Gasteiger partial charge on any atom is 0.407 e. The first kappa shape index (κ1) is 31.1. The van der Waals surface area contributed by atoms with E-state index in [1.54, 1.807) is 0 Å². The van der Waals surface area contributed by atoms with Gasteiger partial charge < -0.3 is 26.4 Å². The largest absolute Gasteiger partial charge is 0.449 e. The summed E-state index contributed by atoms with van der Waals surface area (Å²) in [6.07, 6.45) is 5.15. The van der Waals surface area contributed by atoms with Gasteiger partial charge in [-0.2, -0.15) is 0 Å². The van der Waals surface area contributed by atoms with Crippen molar-refractivity contribution in [1.29, 1.82) is 0 Å². The van der Waals surface area contributed by atoms with Crippen molar-refractivity contribution in [3.8, 4) is 11.1 Å². The van der Waals surface area contributed by atoms with Crippen LogP contribution in [0, 0.1) is 11.8 Å². The second-order valence-electron chi connectivity index (χ2n) is 11.9. The lowest BCUT2D eigenvalue weighted by Crippen LogP contribution is -2.53. The fraction of sp³-hybridized carbons (Fsp3) is 0.515. The lowest BCUT2D eigenvalue weighted by Gasteiger charge is -2.24. The van der Waals surface area contributed by atoms with Crippen LogP contribution in [0.25, 0.3) is 11.1 Å². The molecule has 42 heavy (non-hydrogen) atoms. The molecule has 0 bridgehead atoms. The fourth-order valence-electron chi connectivity index (χ4n) is 6.05. The van der Waals surface area contributed by atoms with E-state index >= 15 is 0 Å². The number of rotatable bonds is 14. The Morgan fingerprint density at radius 3 is 2.10 bits per heavy atom. The van der Waals surface area contributed by atoms with Gasteiger partial charge in [0, 0.05) is 18.4 Å². The molecule has 0 spiro atoms. The molecule has 2 aliphatic rings. The van der Waals surface area contributed by atoms with Crippen molar-refractivity contribution in [3.05, 3.63) is 59.7 Å². The average molecular weight is 577 g/mol. The van der Waals surface area contributed by atoms with E-state index in [0.717, 1.165) is 36.8 Å². The third kappa shape index (κ3) is 8.11. The van der Waals surface area contributed by atoms with Crippen LogP contribution in [0.1, 0.15) is 82.3 Å². The molecule has 0 aliphatic heterocycles. The number of nitrogens with two attached hydrogens (primary N) is 1. The van der Waals surface area contributed by atoms with Gasteiger partial charge in [-0.25, -0.2) is 4.79 Å². The van der Waals surface area contributed by atoms with Gasteiger partial charge >= 0.3 is 6.09 Å². The predicted octanol–water partition coefficient (Wildman–Crippen LogP) is 4.39. The first-order valence-corrected chi connectivity index (χ1v) is 15.2. The molecule has 2 aromatic rings. The molecule has 0 saturated heterocycles. The Hall–Kier alpha value is -3.88. The molecule has 9 nitrogen and oxygen atoms in total. The van der Waals surface area contributed by atoms with Gasteiger partial charge in [-0.05, 0) is 66.7 Å². The van der Waals surface area contributed by atoms with Crippen LogP contribution in [0.15, 0.2) is 48.5 Å². The Kier molecular flexibility index (Phi) is 11.0. The van der Waals surface area contributed by atoms with Crippen molar-refractivity contribution < 1.29 is 23.9 Å². The van der Waals surface area contributed by atoms with Crippen LogP contribution >= 0.6 is 0 Å². The molecule has 1 saturated carbocycles. The zero-order valence-electron chi connectivity index (χ0n) is 24.7. The summed E-state index contributed by atoms with van der Waals surface area (Å²) >= 11 is 0. The number of unbranched alkanes of at least 4 members (excludes halogenated alkanes) is 1. The van der Waals surface area contributed by atoms with E-state index < -0.39 is 30.0 Å². The molecule has 4 amide bonds. The monoisotopic (exact) mass is 576 g/mol. The van der Waals surface area contributed by atoms with E-state index in [1.165, 1.54) is 11.1 Å². The predicted molar refractivity (Wildman–Crippen MR) is 161 cm³/mol. The second-order valence-corrected chi connectivity index (χ2v) is 11.9. The SMILES string of the molecule is CC(C)C[C@H](NC(=O)[C@H](CCCCNC(=O)OCC1c2ccccc2-c2ccccc21)NC(=O)C1CCCC1)C(N)=O. The van der Waals surface area contributed by atoms with E-state index in [2.05, 4.69) is 40.2 Å². The van der Waals surface area contributed by atoms with Crippen LogP contribution in [0.2, 0.25) is 0 Å². The standard InChI is InChI=1S/C33H44N4O5/c1-21(2)19-29(30(34)38)37-32(40)28(36-31(39)22-11-3-4-12-22)17-9-10-18-35-33(41)42-20-27-25-15-7-5-13-23(25)24-14-6-8-16-26(24)27/h5-8,13-16,21-22,27-29H,3-4,9-12,17-20H2,1-2H3,(H2,34,38)(H,35,41)(H,36,39)(H,37,40)/t28-,29-/m0/s1. The number of amides is 4. The van der Waals surface area contributed by atoms with Gasteiger partial charge in [0.05, 0.1) is 0 Å². The molecule has 5 N–H and O–H groups in total. The molecule has 226 valence electrons. The number of benzene rings is 2. The number of hydrogen-bond donors (Lipinski definition) is 4. The van der Waals surface area contributed by atoms with Crippen molar-refractivity contribution >= 4 is 23.8 Å². The van der Waals surface area contributed by atoms with E-state index in [4.69, 9.17) is 10.5 Å². The van der Waals surface area contributed by atoms with E-state index in [9.17, 15) is 19.2 Å². The highest BCUT2D eigenvalue weighted by molar-refractivity contribution is 5.92. The molecular formula is C33H44N4O5. The fourth-order valence-corrected chi connectivity index (χ4v) is 6.05. The summed E-state index contributed by atoms with van der Waals surface area (Å²) < 4.78 is 5.60. The zero-order valence-corrected chi connectivity index (χ0v) is 24.7. The molecule has 2 aliphatic carbocycles. The molecule has 0 radical (unpaired) electrons.